The largest absolute Gasteiger partial charge is 0.497 e. The maximum absolute atomic E-state index is 12.8. The van der Waals surface area contributed by atoms with Crippen LogP contribution in [0.5, 0.6) is 5.75 Å². The molecule has 0 aromatic heterocycles. The summed E-state index contributed by atoms with van der Waals surface area (Å²) in [6, 6.07) is 11.7. The maximum atomic E-state index is 12.8. The molecule has 0 radical (unpaired) electrons. The first kappa shape index (κ1) is 24.2. The molecule has 9 heteroatoms. The molecule has 1 amide bonds. The van der Waals surface area contributed by atoms with Crippen molar-refractivity contribution in [2.45, 2.75) is 32.7 Å². The maximum Gasteiger partial charge on any atom is 0.338 e. The summed E-state index contributed by atoms with van der Waals surface area (Å²) in [5, 5.41) is 2.68. The number of carbonyl (C=O) groups is 2. The van der Waals surface area contributed by atoms with Crippen molar-refractivity contribution in [1.82, 2.24) is 0 Å². The molecule has 0 heterocycles. The molecule has 0 saturated heterocycles. The molecule has 0 spiro atoms. The lowest BCUT2D eigenvalue weighted by atomic mass is 10.2. The third-order valence-corrected chi connectivity index (χ3v) is 5.76. The summed E-state index contributed by atoms with van der Waals surface area (Å²) < 4.78 is 36.2. The Labute approximate surface area is 183 Å². The zero-order valence-corrected chi connectivity index (χ0v) is 18.9. The van der Waals surface area contributed by atoms with Crippen LogP contribution >= 0.6 is 0 Å². The number of hydrogen-bond acceptors (Lipinski definition) is 6. The Bertz CT molecular complexity index is 1000. The highest BCUT2D eigenvalue weighted by Crippen LogP contribution is 2.25. The third-order valence-electron chi connectivity index (χ3n) is 4.52. The van der Waals surface area contributed by atoms with Gasteiger partial charge in [0, 0.05) is 11.8 Å². The van der Waals surface area contributed by atoms with Crippen LogP contribution in [0.25, 0.3) is 0 Å². The molecule has 0 aliphatic heterocycles. The monoisotopic (exact) mass is 448 g/mol. The van der Waals surface area contributed by atoms with Crippen LogP contribution in [0.3, 0.4) is 0 Å². The molecule has 0 aliphatic rings. The van der Waals surface area contributed by atoms with E-state index in [1.165, 1.54) is 14.0 Å². The van der Waals surface area contributed by atoms with Crippen molar-refractivity contribution in [1.29, 1.82) is 0 Å². The summed E-state index contributed by atoms with van der Waals surface area (Å²) in [5.41, 5.74) is 1.12. The fourth-order valence-electron chi connectivity index (χ4n) is 2.89. The van der Waals surface area contributed by atoms with E-state index in [4.69, 9.17) is 9.47 Å². The van der Waals surface area contributed by atoms with Crippen LogP contribution in [0.4, 0.5) is 11.4 Å². The number of esters is 1. The Morgan fingerprint density at radius 3 is 2.39 bits per heavy atom. The average Bonchev–Trinajstić information content (AvgIpc) is 2.73. The van der Waals surface area contributed by atoms with Gasteiger partial charge in [-0.25, -0.2) is 13.2 Å². The molecule has 0 fully saturated rings. The number of nitrogens with one attached hydrogen (secondary N) is 1. The van der Waals surface area contributed by atoms with Gasteiger partial charge in [-0.3, -0.25) is 9.10 Å². The van der Waals surface area contributed by atoms with Crippen molar-refractivity contribution in [3.05, 3.63) is 54.1 Å². The first-order valence-electron chi connectivity index (χ1n) is 9.89. The Kier molecular flexibility index (Phi) is 8.44. The highest BCUT2D eigenvalue weighted by Gasteiger charge is 2.29. The van der Waals surface area contributed by atoms with Gasteiger partial charge in [-0.2, -0.15) is 0 Å². The summed E-state index contributed by atoms with van der Waals surface area (Å²) in [5.74, 6) is -0.479. The Balaban J connectivity index is 2.14. The standard InChI is InChI=1S/C22H28N2O6S/c1-5-6-14-30-22(26)17-10-12-18(13-11-17)23-21(25)16(2)24(31(4,27)28)19-8-7-9-20(15-19)29-3/h7-13,15-16H,5-6,14H2,1-4H3,(H,23,25)/t16-/m0/s1. The van der Waals surface area contributed by atoms with E-state index in [1.54, 1.807) is 48.5 Å². The van der Waals surface area contributed by atoms with Crippen LogP contribution in [-0.2, 0) is 19.6 Å². The SMILES string of the molecule is CCCCOC(=O)c1ccc(NC(=O)[C@H](C)N(c2cccc(OC)c2)S(C)(=O)=O)cc1. The van der Waals surface area contributed by atoms with Gasteiger partial charge in [-0.15, -0.1) is 0 Å². The van der Waals surface area contributed by atoms with E-state index >= 15 is 0 Å². The van der Waals surface area contributed by atoms with Gasteiger partial charge in [-0.1, -0.05) is 19.4 Å². The van der Waals surface area contributed by atoms with Crippen LogP contribution in [0.1, 0.15) is 37.0 Å². The Hall–Kier alpha value is -3.07. The minimum absolute atomic E-state index is 0.315. The van der Waals surface area contributed by atoms with Gasteiger partial charge >= 0.3 is 5.97 Å². The second kappa shape index (κ2) is 10.8. The lowest BCUT2D eigenvalue weighted by molar-refractivity contribution is -0.116. The van der Waals surface area contributed by atoms with Gasteiger partial charge in [-0.05, 0) is 49.7 Å². The van der Waals surface area contributed by atoms with Gasteiger partial charge < -0.3 is 14.8 Å². The molecule has 0 aliphatic carbocycles. The van der Waals surface area contributed by atoms with Crippen molar-refractivity contribution in [3.63, 3.8) is 0 Å². The van der Waals surface area contributed by atoms with Gasteiger partial charge in [0.1, 0.15) is 11.8 Å². The number of nitrogens with zero attached hydrogens (tertiary/aromatic N) is 1. The smallest absolute Gasteiger partial charge is 0.338 e. The van der Waals surface area contributed by atoms with Gasteiger partial charge in [0.15, 0.2) is 0 Å². The third kappa shape index (κ3) is 6.71. The van der Waals surface area contributed by atoms with Crippen LogP contribution in [-0.4, -0.2) is 46.3 Å². The summed E-state index contributed by atoms with van der Waals surface area (Å²) in [6.07, 6.45) is 2.76. The van der Waals surface area contributed by atoms with E-state index in [2.05, 4.69) is 5.32 Å². The molecule has 2 aromatic carbocycles. The van der Waals surface area contributed by atoms with E-state index in [1.807, 2.05) is 6.92 Å². The van der Waals surface area contributed by atoms with Crippen LogP contribution in [0.2, 0.25) is 0 Å². The zero-order chi connectivity index (χ0) is 23.0. The van der Waals surface area contributed by atoms with Crippen molar-refractivity contribution in [2.24, 2.45) is 0 Å². The van der Waals surface area contributed by atoms with E-state index in [0.717, 1.165) is 23.4 Å². The Morgan fingerprint density at radius 2 is 1.81 bits per heavy atom. The topological polar surface area (TPSA) is 102 Å². The van der Waals surface area contributed by atoms with E-state index < -0.39 is 27.9 Å². The number of carbonyl (C=O) groups excluding carboxylic acids is 2. The second-order valence-electron chi connectivity index (χ2n) is 6.99. The average molecular weight is 449 g/mol. The van der Waals surface area contributed by atoms with Crippen LogP contribution in [0.15, 0.2) is 48.5 Å². The molecular weight excluding hydrogens is 420 g/mol. The molecule has 0 unspecified atom stereocenters. The molecule has 2 rings (SSSR count). The fraction of sp³-hybridized carbons (Fsp3) is 0.364. The Morgan fingerprint density at radius 1 is 1.13 bits per heavy atom. The number of methoxy groups -OCH3 is 1. The van der Waals surface area contributed by atoms with E-state index in [9.17, 15) is 18.0 Å². The van der Waals surface area contributed by atoms with Gasteiger partial charge in [0.25, 0.3) is 0 Å². The number of unbranched alkanes of at least 4 members (excludes halogenated alkanes) is 1. The predicted molar refractivity (Wildman–Crippen MR) is 120 cm³/mol. The number of benzene rings is 2. The summed E-state index contributed by atoms with van der Waals surface area (Å²) in [4.78, 5) is 24.8. The molecule has 2 aromatic rings. The van der Waals surface area contributed by atoms with E-state index in [-0.39, 0.29) is 0 Å². The molecule has 1 N–H and O–H groups in total. The van der Waals surface area contributed by atoms with E-state index in [0.29, 0.717) is 29.3 Å². The number of ether oxygens (including phenoxy) is 2. The van der Waals surface area contributed by atoms with Crippen LogP contribution in [0, 0.1) is 0 Å². The molecule has 0 saturated carbocycles. The highest BCUT2D eigenvalue weighted by molar-refractivity contribution is 7.92. The normalized spacial score (nSPS) is 12.0. The lowest BCUT2D eigenvalue weighted by Gasteiger charge is -2.28. The lowest BCUT2D eigenvalue weighted by Crippen LogP contribution is -2.45. The molecule has 0 bridgehead atoms. The van der Waals surface area contributed by atoms with Crippen LogP contribution < -0.4 is 14.4 Å². The number of hydrogen-bond donors (Lipinski definition) is 1. The number of anilines is 2. The van der Waals surface area contributed by atoms with Gasteiger partial charge in [0.05, 0.1) is 31.2 Å². The molecule has 8 nitrogen and oxygen atoms in total. The number of rotatable bonds is 10. The van der Waals surface area contributed by atoms with Crippen molar-refractivity contribution in [3.8, 4) is 5.75 Å². The first-order chi connectivity index (χ1) is 14.7. The van der Waals surface area contributed by atoms with Crippen molar-refractivity contribution in [2.75, 3.05) is 29.6 Å². The van der Waals surface area contributed by atoms with Crippen molar-refractivity contribution < 1.29 is 27.5 Å². The van der Waals surface area contributed by atoms with Gasteiger partial charge in [0.2, 0.25) is 15.9 Å². The minimum Gasteiger partial charge on any atom is -0.497 e. The molecule has 168 valence electrons. The summed E-state index contributed by atoms with van der Waals surface area (Å²) in [7, 11) is -2.28. The summed E-state index contributed by atoms with van der Waals surface area (Å²) in [6.45, 7) is 3.86. The highest BCUT2D eigenvalue weighted by atomic mass is 32.2. The molecule has 31 heavy (non-hydrogen) atoms. The quantitative estimate of drug-likeness (QED) is 0.441. The number of amides is 1. The predicted octanol–water partition coefficient (Wildman–Crippen LogP) is 3.45. The zero-order valence-electron chi connectivity index (χ0n) is 18.1. The fourth-order valence-corrected chi connectivity index (χ4v) is 4.05. The second-order valence-corrected chi connectivity index (χ2v) is 8.85. The molecular formula is C22H28N2O6S. The molecule has 1 atom stereocenters. The summed E-state index contributed by atoms with van der Waals surface area (Å²) >= 11 is 0. The number of sulfonamides is 1. The first-order valence-corrected chi connectivity index (χ1v) is 11.7. The minimum atomic E-state index is -3.75. The van der Waals surface area contributed by atoms with Crippen molar-refractivity contribution >= 4 is 33.3 Å².